The minimum Gasteiger partial charge on any atom is -0.479 e. The molecule has 20 heavy (non-hydrogen) atoms. The van der Waals surface area contributed by atoms with Crippen LogP contribution in [0.2, 0.25) is 0 Å². The number of allylic oxidation sites excluding steroid dienone is 3. The lowest BCUT2D eigenvalue weighted by molar-refractivity contribution is 0.368. The topological polar surface area (TPSA) is 36.3 Å². The summed E-state index contributed by atoms with van der Waals surface area (Å²) in [5, 5.41) is 8.50. The number of ether oxygens (including phenoxy) is 1. The lowest BCUT2D eigenvalue weighted by Gasteiger charge is -2.30. The van der Waals surface area contributed by atoms with Gasteiger partial charge in [0, 0.05) is 21.5 Å². The first-order valence-corrected chi connectivity index (χ1v) is 7.39. The van der Waals surface area contributed by atoms with Gasteiger partial charge in [0.2, 0.25) is 0 Å². The van der Waals surface area contributed by atoms with E-state index >= 15 is 0 Å². The molecule has 0 fully saturated rings. The standard InChI is InChI=1S/C16H15IN2O/c1-3-19-12(2)15(17)8-9-16(19)13-4-6-14(7-5-13)20-11-10-18/h4-9H,2-3,11H2,1H3. The van der Waals surface area contributed by atoms with Gasteiger partial charge in [0.15, 0.2) is 6.61 Å². The minimum atomic E-state index is 0.0703. The highest BCUT2D eigenvalue weighted by molar-refractivity contribution is 14.1. The smallest absolute Gasteiger partial charge is 0.174 e. The molecule has 1 aromatic rings. The summed E-state index contributed by atoms with van der Waals surface area (Å²) >= 11 is 2.30. The minimum absolute atomic E-state index is 0.0703. The Bertz CT molecular complexity index is 608. The van der Waals surface area contributed by atoms with Gasteiger partial charge in [-0.1, -0.05) is 6.58 Å². The van der Waals surface area contributed by atoms with Crippen molar-refractivity contribution in [3.63, 3.8) is 0 Å². The van der Waals surface area contributed by atoms with E-state index in [1.54, 1.807) is 0 Å². The number of hydrogen-bond acceptors (Lipinski definition) is 3. The van der Waals surface area contributed by atoms with Crippen molar-refractivity contribution in [3.05, 3.63) is 57.8 Å². The van der Waals surface area contributed by atoms with E-state index in [0.29, 0.717) is 5.75 Å². The van der Waals surface area contributed by atoms with Gasteiger partial charge in [-0.2, -0.15) is 5.26 Å². The molecular formula is C16H15IN2O. The molecule has 0 unspecified atom stereocenters. The van der Waals surface area contributed by atoms with Crippen LogP contribution in [0, 0.1) is 11.3 Å². The van der Waals surface area contributed by atoms with E-state index in [9.17, 15) is 0 Å². The molecule has 3 nitrogen and oxygen atoms in total. The number of nitrogens with zero attached hydrogens (tertiary/aromatic N) is 2. The van der Waals surface area contributed by atoms with Gasteiger partial charge in [-0.3, -0.25) is 0 Å². The maximum Gasteiger partial charge on any atom is 0.174 e. The molecule has 0 spiro atoms. The number of likely N-dealkylation sites (N-methyl/N-ethyl adjacent to an activating group) is 1. The highest BCUT2D eigenvalue weighted by Crippen LogP contribution is 2.33. The second-order valence-corrected chi connectivity index (χ2v) is 5.39. The summed E-state index contributed by atoms with van der Waals surface area (Å²) in [5.74, 6) is 0.707. The zero-order valence-corrected chi connectivity index (χ0v) is 13.4. The molecule has 1 aromatic carbocycles. The average molecular weight is 378 g/mol. The highest BCUT2D eigenvalue weighted by atomic mass is 127. The Balaban J connectivity index is 2.26. The van der Waals surface area contributed by atoms with Gasteiger partial charge in [-0.15, -0.1) is 0 Å². The van der Waals surface area contributed by atoms with Gasteiger partial charge in [-0.25, -0.2) is 0 Å². The van der Waals surface area contributed by atoms with Crippen LogP contribution in [0.5, 0.6) is 5.75 Å². The Morgan fingerprint density at radius 2 is 2.00 bits per heavy atom. The molecule has 0 saturated carbocycles. The van der Waals surface area contributed by atoms with Crippen molar-refractivity contribution in [2.24, 2.45) is 0 Å². The summed E-state index contributed by atoms with van der Waals surface area (Å²) in [5.41, 5.74) is 3.26. The molecule has 1 heterocycles. The summed E-state index contributed by atoms with van der Waals surface area (Å²) in [6, 6.07) is 9.72. The van der Waals surface area contributed by atoms with Crippen LogP contribution in [-0.2, 0) is 0 Å². The van der Waals surface area contributed by atoms with Crippen molar-refractivity contribution in [2.75, 3.05) is 13.2 Å². The van der Waals surface area contributed by atoms with Crippen molar-refractivity contribution in [2.45, 2.75) is 6.92 Å². The van der Waals surface area contributed by atoms with Crippen molar-refractivity contribution in [1.29, 1.82) is 5.26 Å². The largest absolute Gasteiger partial charge is 0.479 e. The summed E-state index contributed by atoms with van der Waals surface area (Å²) < 4.78 is 6.42. The Labute approximate surface area is 133 Å². The molecule has 2 rings (SSSR count). The van der Waals surface area contributed by atoms with Crippen LogP contribution in [-0.4, -0.2) is 18.1 Å². The second kappa shape index (κ2) is 6.62. The Morgan fingerprint density at radius 3 is 2.60 bits per heavy atom. The molecule has 0 saturated heterocycles. The molecule has 1 aliphatic rings. The van der Waals surface area contributed by atoms with Crippen LogP contribution in [0.1, 0.15) is 12.5 Å². The fourth-order valence-electron chi connectivity index (χ4n) is 2.06. The van der Waals surface area contributed by atoms with Gasteiger partial charge >= 0.3 is 0 Å². The summed E-state index contributed by atoms with van der Waals surface area (Å²) in [6.45, 7) is 7.18. The fraction of sp³-hybridized carbons (Fsp3) is 0.188. The van der Waals surface area contributed by atoms with Gasteiger partial charge in [0.25, 0.3) is 0 Å². The number of hydrogen-bond donors (Lipinski definition) is 0. The third-order valence-corrected chi connectivity index (χ3v) is 4.03. The highest BCUT2D eigenvalue weighted by Gasteiger charge is 2.18. The first-order valence-electron chi connectivity index (χ1n) is 6.32. The zero-order valence-electron chi connectivity index (χ0n) is 11.3. The van der Waals surface area contributed by atoms with E-state index < -0.39 is 0 Å². The zero-order chi connectivity index (χ0) is 14.5. The van der Waals surface area contributed by atoms with Gasteiger partial charge in [0.05, 0.1) is 0 Å². The number of nitriles is 1. The lowest BCUT2D eigenvalue weighted by Crippen LogP contribution is -2.22. The molecule has 0 aromatic heterocycles. The van der Waals surface area contributed by atoms with Crippen LogP contribution in [0.4, 0.5) is 0 Å². The molecular weight excluding hydrogens is 363 g/mol. The predicted molar refractivity (Wildman–Crippen MR) is 89.2 cm³/mol. The van der Waals surface area contributed by atoms with E-state index in [1.165, 1.54) is 0 Å². The molecule has 0 amide bonds. The molecule has 1 aliphatic heterocycles. The van der Waals surface area contributed by atoms with E-state index in [4.69, 9.17) is 10.00 Å². The third kappa shape index (κ3) is 3.05. The average Bonchev–Trinajstić information content (AvgIpc) is 2.48. The molecule has 102 valence electrons. The Hall–Kier alpha value is -1.74. The molecule has 0 radical (unpaired) electrons. The molecule has 4 heteroatoms. The predicted octanol–water partition coefficient (Wildman–Crippen LogP) is 4.10. The third-order valence-electron chi connectivity index (χ3n) is 3.05. The van der Waals surface area contributed by atoms with Crippen LogP contribution in [0.25, 0.3) is 5.70 Å². The second-order valence-electron chi connectivity index (χ2n) is 4.23. The molecule has 0 bridgehead atoms. The molecule has 0 atom stereocenters. The Kier molecular flexibility index (Phi) is 4.85. The van der Waals surface area contributed by atoms with Crippen LogP contribution in [0.3, 0.4) is 0 Å². The Morgan fingerprint density at radius 1 is 1.30 bits per heavy atom. The molecule has 0 aliphatic carbocycles. The molecule has 0 N–H and O–H groups in total. The van der Waals surface area contributed by atoms with E-state index in [1.807, 2.05) is 30.3 Å². The number of benzene rings is 1. The quantitative estimate of drug-likeness (QED) is 0.741. The first kappa shape index (κ1) is 14.7. The summed E-state index contributed by atoms with van der Waals surface area (Å²) in [6.07, 6.45) is 4.18. The first-order chi connectivity index (χ1) is 9.67. The van der Waals surface area contributed by atoms with Crippen molar-refractivity contribution >= 4 is 28.3 Å². The van der Waals surface area contributed by atoms with E-state index in [0.717, 1.165) is 27.1 Å². The van der Waals surface area contributed by atoms with E-state index in [2.05, 4.69) is 53.1 Å². The van der Waals surface area contributed by atoms with Gasteiger partial charge in [0.1, 0.15) is 11.8 Å². The normalized spacial score (nSPS) is 14.4. The number of halogens is 1. The van der Waals surface area contributed by atoms with Crippen molar-refractivity contribution < 1.29 is 4.74 Å². The summed E-state index contributed by atoms with van der Waals surface area (Å²) in [7, 11) is 0. The van der Waals surface area contributed by atoms with Crippen molar-refractivity contribution in [1.82, 2.24) is 4.90 Å². The SMILES string of the molecule is C=C1C(I)=CC=C(c2ccc(OCC#N)cc2)N1CC. The number of rotatable bonds is 4. The van der Waals surface area contributed by atoms with Crippen LogP contribution >= 0.6 is 22.6 Å². The van der Waals surface area contributed by atoms with Crippen molar-refractivity contribution in [3.8, 4) is 11.8 Å². The fourth-order valence-corrected chi connectivity index (χ4v) is 2.53. The van der Waals surface area contributed by atoms with Crippen LogP contribution in [0.15, 0.2) is 52.3 Å². The van der Waals surface area contributed by atoms with E-state index in [-0.39, 0.29) is 6.61 Å². The summed E-state index contributed by atoms with van der Waals surface area (Å²) in [4.78, 5) is 2.19. The lowest BCUT2D eigenvalue weighted by atomic mass is 10.1. The monoisotopic (exact) mass is 378 g/mol. The van der Waals surface area contributed by atoms with Crippen LogP contribution < -0.4 is 4.74 Å². The van der Waals surface area contributed by atoms with Gasteiger partial charge in [-0.05, 0) is 71.5 Å². The maximum absolute atomic E-state index is 8.50. The van der Waals surface area contributed by atoms with Gasteiger partial charge < -0.3 is 9.64 Å². The maximum atomic E-state index is 8.50.